The van der Waals surface area contributed by atoms with Crippen LogP contribution in [-0.2, 0) is 4.79 Å². The fraction of sp³-hybridized carbons (Fsp3) is 0.429. The van der Waals surface area contributed by atoms with E-state index < -0.39 is 12.0 Å². The molecular formula is C14H17BrN2O4. The van der Waals surface area contributed by atoms with Gasteiger partial charge in [0.05, 0.1) is 5.56 Å². The lowest BCUT2D eigenvalue weighted by atomic mass is 10.1. The molecule has 1 heterocycles. The molecule has 2 rings (SSSR count). The van der Waals surface area contributed by atoms with E-state index in [1.165, 1.54) is 6.07 Å². The topological polar surface area (TPSA) is 81.1 Å². The number of carboxylic acids is 1. The first-order chi connectivity index (χ1) is 9.90. The quantitative estimate of drug-likeness (QED) is 0.855. The minimum Gasteiger partial charge on any atom is -0.507 e. The van der Waals surface area contributed by atoms with E-state index in [-0.39, 0.29) is 17.2 Å². The van der Waals surface area contributed by atoms with Crippen LogP contribution in [-0.4, -0.2) is 64.1 Å². The zero-order chi connectivity index (χ0) is 15.6. The molecule has 6 nitrogen and oxygen atoms in total. The van der Waals surface area contributed by atoms with Crippen LogP contribution < -0.4 is 0 Å². The van der Waals surface area contributed by atoms with E-state index in [1.807, 2.05) is 4.90 Å². The number of phenolic OH excluding ortho intramolecular Hbond substituents is 1. The van der Waals surface area contributed by atoms with Crippen molar-refractivity contribution < 1.29 is 19.8 Å². The Morgan fingerprint density at radius 2 is 1.86 bits per heavy atom. The fourth-order valence-corrected chi connectivity index (χ4v) is 2.68. The third-order valence-electron chi connectivity index (χ3n) is 3.70. The molecule has 1 atom stereocenters. The molecule has 1 fully saturated rings. The number of phenols is 1. The Labute approximate surface area is 131 Å². The number of carbonyl (C=O) groups excluding carboxylic acids is 1. The second-order valence-electron chi connectivity index (χ2n) is 5.00. The van der Waals surface area contributed by atoms with Gasteiger partial charge in [0.2, 0.25) is 0 Å². The number of hydrogen-bond acceptors (Lipinski definition) is 4. The van der Waals surface area contributed by atoms with Crippen LogP contribution >= 0.6 is 15.9 Å². The molecule has 7 heteroatoms. The zero-order valence-corrected chi connectivity index (χ0v) is 13.2. The van der Waals surface area contributed by atoms with Gasteiger partial charge in [0.15, 0.2) is 0 Å². The minimum absolute atomic E-state index is 0.0514. The van der Waals surface area contributed by atoms with Crippen molar-refractivity contribution in [1.29, 1.82) is 0 Å². The number of rotatable bonds is 3. The van der Waals surface area contributed by atoms with Gasteiger partial charge in [0, 0.05) is 30.7 Å². The first kappa shape index (κ1) is 15.8. The molecule has 1 aromatic rings. The van der Waals surface area contributed by atoms with Gasteiger partial charge in [-0.2, -0.15) is 0 Å². The van der Waals surface area contributed by atoms with Gasteiger partial charge in [-0.15, -0.1) is 0 Å². The van der Waals surface area contributed by atoms with Crippen molar-refractivity contribution in [2.24, 2.45) is 0 Å². The lowest BCUT2D eigenvalue weighted by molar-refractivity contribution is -0.143. The van der Waals surface area contributed by atoms with E-state index in [9.17, 15) is 14.7 Å². The van der Waals surface area contributed by atoms with Crippen molar-refractivity contribution >= 4 is 27.8 Å². The first-order valence-corrected chi connectivity index (χ1v) is 7.44. The Morgan fingerprint density at radius 1 is 1.24 bits per heavy atom. The maximum absolute atomic E-state index is 12.4. The normalized spacial score (nSPS) is 17.5. The second-order valence-corrected chi connectivity index (χ2v) is 5.92. The van der Waals surface area contributed by atoms with Crippen LogP contribution in [0.5, 0.6) is 5.75 Å². The van der Waals surface area contributed by atoms with Gasteiger partial charge in [-0.25, -0.2) is 0 Å². The van der Waals surface area contributed by atoms with E-state index in [0.29, 0.717) is 26.2 Å². The largest absolute Gasteiger partial charge is 0.507 e. The van der Waals surface area contributed by atoms with Crippen LogP contribution in [0.1, 0.15) is 17.3 Å². The maximum Gasteiger partial charge on any atom is 0.320 e. The summed E-state index contributed by atoms with van der Waals surface area (Å²) < 4.78 is 0.724. The summed E-state index contributed by atoms with van der Waals surface area (Å²) >= 11 is 3.28. The van der Waals surface area contributed by atoms with Gasteiger partial charge < -0.3 is 15.1 Å². The number of hydrogen-bond donors (Lipinski definition) is 2. The lowest BCUT2D eigenvalue weighted by Crippen LogP contribution is -2.53. The summed E-state index contributed by atoms with van der Waals surface area (Å²) in [4.78, 5) is 26.8. The lowest BCUT2D eigenvalue weighted by Gasteiger charge is -2.36. The van der Waals surface area contributed by atoms with Crippen LogP contribution in [0.15, 0.2) is 22.7 Å². The Bertz CT molecular complexity index is 556. The van der Waals surface area contributed by atoms with E-state index in [0.717, 1.165) is 4.47 Å². The van der Waals surface area contributed by atoms with Crippen molar-refractivity contribution in [3.63, 3.8) is 0 Å². The van der Waals surface area contributed by atoms with Crippen LogP contribution in [0.25, 0.3) is 0 Å². The van der Waals surface area contributed by atoms with Crippen molar-refractivity contribution in [2.75, 3.05) is 26.2 Å². The fourth-order valence-electron chi connectivity index (χ4n) is 2.32. The van der Waals surface area contributed by atoms with Crippen molar-refractivity contribution in [1.82, 2.24) is 9.80 Å². The van der Waals surface area contributed by atoms with Gasteiger partial charge in [0.25, 0.3) is 5.91 Å². The van der Waals surface area contributed by atoms with Gasteiger partial charge in [-0.05, 0) is 25.1 Å². The molecule has 0 bridgehead atoms. The van der Waals surface area contributed by atoms with Crippen LogP contribution in [0.4, 0.5) is 0 Å². The molecule has 0 aromatic heterocycles. The number of carbonyl (C=O) groups is 2. The van der Waals surface area contributed by atoms with E-state index in [2.05, 4.69) is 15.9 Å². The first-order valence-electron chi connectivity index (χ1n) is 6.65. The highest BCUT2D eigenvalue weighted by Crippen LogP contribution is 2.24. The van der Waals surface area contributed by atoms with Crippen molar-refractivity contribution in [3.8, 4) is 5.75 Å². The average molecular weight is 357 g/mol. The number of aliphatic carboxylic acids is 1. The third kappa shape index (κ3) is 3.54. The number of piperazine rings is 1. The molecule has 0 spiro atoms. The number of aromatic hydroxyl groups is 1. The summed E-state index contributed by atoms with van der Waals surface area (Å²) in [5.74, 6) is -1.15. The molecule has 1 saturated heterocycles. The summed E-state index contributed by atoms with van der Waals surface area (Å²) in [6.07, 6.45) is 0. The molecule has 1 aromatic carbocycles. The minimum atomic E-state index is -0.862. The molecule has 0 saturated carbocycles. The standard InChI is InChI=1S/C14H17BrN2O4/c1-9(14(20)21)16-4-6-17(7-5-16)13(19)11-8-10(15)2-3-12(11)18/h2-3,8-9,18H,4-7H2,1H3,(H,20,21). The maximum atomic E-state index is 12.4. The number of benzene rings is 1. The SMILES string of the molecule is CC(C(=O)O)N1CCN(C(=O)c2cc(Br)ccc2O)CC1. The number of halogens is 1. The highest BCUT2D eigenvalue weighted by Gasteiger charge is 2.28. The molecule has 21 heavy (non-hydrogen) atoms. The Balaban J connectivity index is 2.03. The molecule has 1 aliphatic rings. The molecule has 0 aliphatic carbocycles. The van der Waals surface area contributed by atoms with E-state index >= 15 is 0 Å². The summed E-state index contributed by atoms with van der Waals surface area (Å²) in [5, 5.41) is 18.8. The van der Waals surface area contributed by atoms with Crippen molar-refractivity contribution in [2.45, 2.75) is 13.0 Å². The predicted molar refractivity (Wildman–Crippen MR) is 80.4 cm³/mol. The summed E-state index contributed by atoms with van der Waals surface area (Å²) in [6, 6.07) is 4.17. The van der Waals surface area contributed by atoms with Gasteiger partial charge in [0.1, 0.15) is 11.8 Å². The molecule has 1 amide bonds. The Hall–Kier alpha value is -1.60. The molecule has 1 aliphatic heterocycles. The molecule has 0 radical (unpaired) electrons. The Kier molecular flexibility index (Phi) is 4.84. The van der Waals surface area contributed by atoms with Crippen LogP contribution in [0.2, 0.25) is 0 Å². The number of amides is 1. The monoisotopic (exact) mass is 356 g/mol. The zero-order valence-electron chi connectivity index (χ0n) is 11.6. The van der Waals surface area contributed by atoms with Gasteiger partial charge in [-0.1, -0.05) is 15.9 Å². The molecular weight excluding hydrogens is 340 g/mol. The van der Waals surface area contributed by atoms with Crippen molar-refractivity contribution in [3.05, 3.63) is 28.2 Å². The Morgan fingerprint density at radius 3 is 2.43 bits per heavy atom. The smallest absolute Gasteiger partial charge is 0.320 e. The van der Waals surface area contributed by atoms with Crippen LogP contribution in [0.3, 0.4) is 0 Å². The second kappa shape index (κ2) is 6.44. The molecule has 114 valence electrons. The van der Waals surface area contributed by atoms with Gasteiger partial charge >= 0.3 is 5.97 Å². The molecule has 1 unspecified atom stereocenters. The summed E-state index contributed by atoms with van der Waals surface area (Å²) in [7, 11) is 0. The highest BCUT2D eigenvalue weighted by atomic mass is 79.9. The number of carboxylic acid groups (broad SMARTS) is 1. The van der Waals surface area contributed by atoms with E-state index in [1.54, 1.807) is 24.0 Å². The van der Waals surface area contributed by atoms with Crippen LogP contribution in [0, 0.1) is 0 Å². The summed E-state index contributed by atoms with van der Waals surface area (Å²) in [6.45, 7) is 3.55. The molecule has 2 N–H and O–H groups in total. The average Bonchev–Trinajstić information content (AvgIpc) is 2.48. The number of nitrogens with zero attached hydrogens (tertiary/aromatic N) is 2. The van der Waals surface area contributed by atoms with Gasteiger partial charge in [-0.3, -0.25) is 14.5 Å². The highest BCUT2D eigenvalue weighted by molar-refractivity contribution is 9.10. The summed E-state index contributed by atoms with van der Waals surface area (Å²) in [5.41, 5.74) is 0.254. The third-order valence-corrected chi connectivity index (χ3v) is 4.19. The predicted octanol–water partition coefficient (Wildman–Crippen LogP) is 1.39. The van der Waals surface area contributed by atoms with E-state index in [4.69, 9.17) is 5.11 Å².